The minimum Gasteiger partial charge on any atom is -0.270 e. The molecule has 0 atom stereocenters. The molecule has 2 rings (SSSR count). The average molecular weight is 264 g/mol. The molecule has 0 aliphatic rings. The van der Waals surface area contributed by atoms with E-state index in [0.29, 0.717) is 11.2 Å². The molecule has 0 radical (unpaired) electrons. The Morgan fingerprint density at radius 2 is 1.83 bits per heavy atom. The Labute approximate surface area is 113 Å². The van der Waals surface area contributed by atoms with Crippen LogP contribution in [0.5, 0.6) is 0 Å². The fraction of sp³-hybridized carbons (Fsp3) is 0.429. The second-order valence-electron chi connectivity index (χ2n) is 4.73. The zero-order valence-corrected chi connectivity index (χ0v) is 11.8. The SMILES string of the molecule is CCCc1ccc(-n2c(Cl)nnc2C(C)C)cc1. The van der Waals surface area contributed by atoms with Crippen molar-refractivity contribution in [2.75, 3.05) is 0 Å². The minimum atomic E-state index is 0.292. The van der Waals surface area contributed by atoms with E-state index in [-0.39, 0.29) is 0 Å². The van der Waals surface area contributed by atoms with Crippen molar-refractivity contribution < 1.29 is 0 Å². The molecule has 1 heterocycles. The van der Waals surface area contributed by atoms with E-state index in [4.69, 9.17) is 11.6 Å². The summed E-state index contributed by atoms with van der Waals surface area (Å²) in [6.07, 6.45) is 2.26. The van der Waals surface area contributed by atoms with Gasteiger partial charge in [0.25, 0.3) is 0 Å². The zero-order valence-electron chi connectivity index (χ0n) is 11.0. The molecule has 0 bridgehead atoms. The summed E-state index contributed by atoms with van der Waals surface area (Å²) in [5, 5.41) is 8.50. The maximum absolute atomic E-state index is 6.11. The highest BCUT2D eigenvalue weighted by Gasteiger charge is 2.14. The fourth-order valence-corrected chi connectivity index (χ4v) is 2.21. The van der Waals surface area contributed by atoms with E-state index in [9.17, 15) is 0 Å². The van der Waals surface area contributed by atoms with E-state index in [1.165, 1.54) is 5.56 Å². The predicted molar refractivity (Wildman–Crippen MR) is 74.5 cm³/mol. The number of hydrogen-bond acceptors (Lipinski definition) is 2. The summed E-state index contributed by atoms with van der Waals surface area (Å²) >= 11 is 6.11. The zero-order chi connectivity index (χ0) is 13.1. The minimum absolute atomic E-state index is 0.292. The molecule has 0 saturated heterocycles. The van der Waals surface area contributed by atoms with Crippen LogP contribution in [0.15, 0.2) is 24.3 Å². The van der Waals surface area contributed by atoms with Crippen LogP contribution in [0.25, 0.3) is 5.69 Å². The standard InChI is InChI=1S/C14H18ClN3/c1-4-5-11-6-8-12(9-7-11)18-13(10(2)3)16-17-14(18)15/h6-10H,4-5H2,1-3H3. The topological polar surface area (TPSA) is 30.7 Å². The summed E-state index contributed by atoms with van der Waals surface area (Å²) in [4.78, 5) is 0. The molecule has 0 N–H and O–H groups in total. The van der Waals surface area contributed by atoms with Crippen molar-refractivity contribution in [3.8, 4) is 5.69 Å². The third-order valence-electron chi connectivity index (χ3n) is 2.90. The molecule has 1 aromatic heterocycles. The summed E-state index contributed by atoms with van der Waals surface area (Å²) in [5.74, 6) is 1.18. The molecule has 2 aromatic rings. The monoisotopic (exact) mass is 263 g/mol. The summed E-state index contributed by atoms with van der Waals surface area (Å²) in [5.41, 5.74) is 2.37. The molecular weight excluding hydrogens is 246 g/mol. The molecule has 0 saturated carbocycles. The largest absolute Gasteiger partial charge is 0.270 e. The van der Waals surface area contributed by atoms with Crippen LogP contribution in [-0.2, 0) is 6.42 Å². The van der Waals surface area contributed by atoms with Gasteiger partial charge in [-0.25, -0.2) is 0 Å². The molecule has 0 fully saturated rings. The Bertz CT molecular complexity index is 514. The van der Waals surface area contributed by atoms with Crippen LogP contribution in [0.1, 0.15) is 44.5 Å². The smallest absolute Gasteiger partial charge is 0.229 e. The quantitative estimate of drug-likeness (QED) is 0.835. The van der Waals surface area contributed by atoms with E-state index in [0.717, 1.165) is 24.4 Å². The third-order valence-corrected chi connectivity index (χ3v) is 3.14. The number of hydrogen-bond donors (Lipinski definition) is 0. The van der Waals surface area contributed by atoms with Crippen molar-refractivity contribution in [3.63, 3.8) is 0 Å². The van der Waals surface area contributed by atoms with Gasteiger partial charge in [0.2, 0.25) is 5.28 Å². The van der Waals surface area contributed by atoms with E-state index < -0.39 is 0 Å². The van der Waals surface area contributed by atoms with Crippen molar-refractivity contribution in [1.82, 2.24) is 14.8 Å². The lowest BCUT2D eigenvalue weighted by atomic mass is 10.1. The van der Waals surface area contributed by atoms with E-state index >= 15 is 0 Å². The van der Waals surface area contributed by atoms with Gasteiger partial charge in [-0.15, -0.1) is 10.2 Å². The van der Waals surface area contributed by atoms with Gasteiger partial charge in [-0.05, 0) is 35.7 Å². The number of benzene rings is 1. The molecule has 1 aromatic carbocycles. The van der Waals surface area contributed by atoms with E-state index in [1.807, 2.05) is 4.57 Å². The lowest BCUT2D eigenvalue weighted by molar-refractivity contribution is 0.745. The van der Waals surface area contributed by atoms with Gasteiger partial charge >= 0.3 is 0 Å². The Kier molecular flexibility index (Phi) is 4.02. The van der Waals surface area contributed by atoms with Gasteiger partial charge < -0.3 is 0 Å². The lowest BCUT2D eigenvalue weighted by Gasteiger charge is -2.10. The molecule has 0 spiro atoms. The first-order valence-electron chi connectivity index (χ1n) is 6.33. The Morgan fingerprint density at radius 1 is 1.17 bits per heavy atom. The highest BCUT2D eigenvalue weighted by molar-refractivity contribution is 6.28. The number of aromatic nitrogens is 3. The van der Waals surface area contributed by atoms with Crippen molar-refractivity contribution in [2.24, 2.45) is 0 Å². The molecule has 3 nitrogen and oxygen atoms in total. The second kappa shape index (κ2) is 5.53. The second-order valence-corrected chi connectivity index (χ2v) is 5.07. The lowest BCUT2D eigenvalue weighted by Crippen LogP contribution is -2.03. The van der Waals surface area contributed by atoms with Crippen molar-refractivity contribution in [3.05, 3.63) is 40.9 Å². The van der Waals surface area contributed by atoms with Gasteiger partial charge in [0.1, 0.15) is 5.82 Å². The van der Waals surface area contributed by atoms with Crippen LogP contribution in [0.3, 0.4) is 0 Å². The highest BCUT2D eigenvalue weighted by atomic mass is 35.5. The molecule has 0 amide bonds. The number of halogens is 1. The van der Waals surface area contributed by atoms with Gasteiger partial charge in [0.05, 0.1) is 0 Å². The molecule has 0 aliphatic heterocycles. The van der Waals surface area contributed by atoms with Crippen LogP contribution >= 0.6 is 11.6 Å². The molecule has 96 valence electrons. The van der Waals surface area contributed by atoms with Crippen LogP contribution in [0.4, 0.5) is 0 Å². The maximum Gasteiger partial charge on any atom is 0.229 e. The molecule has 0 aliphatic carbocycles. The molecule has 4 heteroatoms. The fourth-order valence-electron chi connectivity index (χ4n) is 1.99. The van der Waals surface area contributed by atoms with Gasteiger partial charge in [0, 0.05) is 11.6 Å². The first-order chi connectivity index (χ1) is 8.63. The molecule has 18 heavy (non-hydrogen) atoms. The van der Waals surface area contributed by atoms with Gasteiger partial charge in [-0.1, -0.05) is 39.3 Å². The van der Waals surface area contributed by atoms with Crippen molar-refractivity contribution in [1.29, 1.82) is 0 Å². The normalized spacial score (nSPS) is 11.2. The number of rotatable bonds is 4. The molecular formula is C14H18ClN3. The number of nitrogens with zero attached hydrogens (tertiary/aromatic N) is 3. The van der Waals surface area contributed by atoms with Crippen LogP contribution < -0.4 is 0 Å². The van der Waals surface area contributed by atoms with Crippen LogP contribution in [0.2, 0.25) is 5.28 Å². The number of aryl methyl sites for hydroxylation is 1. The summed E-state index contributed by atoms with van der Waals surface area (Å²) in [6.45, 7) is 6.35. The highest BCUT2D eigenvalue weighted by Crippen LogP contribution is 2.22. The maximum atomic E-state index is 6.11. The summed E-state index contributed by atoms with van der Waals surface area (Å²) in [6, 6.07) is 8.43. The first-order valence-corrected chi connectivity index (χ1v) is 6.71. The van der Waals surface area contributed by atoms with E-state index in [1.54, 1.807) is 0 Å². The first kappa shape index (κ1) is 13.1. The van der Waals surface area contributed by atoms with Crippen LogP contribution in [0, 0.1) is 0 Å². The summed E-state index contributed by atoms with van der Waals surface area (Å²) < 4.78 is 1.90. The third kappa shape index (κ3) is 2.56. The average Bonchev–Trinajstić information content (AvgIpc) is 2.73. The molecule has 0 unspecified atom stereocenters. The van der Waals surface area contributed by atoms with Gasteiger partial charge in [-0.3, -0.25) is 4.57 Å². The Hall–Kier alpha value is -1.35. The predicted octanol–water partition coefficient (Wildman–Crippen LogP) is 4.00. The Morgan fingerprint density at radius 3 is 2.39 bits per heavy atom. The van der Waals surface area contributed by atoms with Crippen molar-refractivity contribution >= 4 is 11.6 Å². The van der Waals surface area contributed by atoms with Gasteiger partial charge in [-0.2, -0.15) is 0 Å². The van der Waals surface area contributed by atoms with Crippen LogP contribution in [-0.4, -0.2) is 14.8 Å². The van der Waals surface area contributed by atoms with Gasteiger partial charge in [0.15, 0.2) is 0 Å². The Balaban J connectivity index is 2.39. The summed E-state index contributed by atoms with van der Waals surface area (Å²) in [7, 11) is 0. The van der Waals surface area contributed by atoms with E-state index in [2.05, 4.69) is 55.2 Å². The van der Waals surface area contributed by atoms with Crippen molar-refractivity contribution in [2.45, 2.75) is 39.5 Å².